The summed E-state index contributed by atoms with van der Waals surface area (Å²) in [7, 11) is 0. The van der Waals surface area contributed by atoms with Gasteiger partial charge in [0, 0.05) is 25.1 Å². The van der Waals surface area contributed by atoms with E-state index in [4.69, 9.17) is 10.7 Å². The molecule has 0 spiro atoms. The number of imidazole rings is 1. The maximum absolute atomic E-state index is 5.99. The van der Waals surface area contributed by atoms with Crippen molar-refractivity contribution in [3.63, 3.8) is 0 Å². The molecule has 1 aromatic carbocycles. The Kier molecular flexibility index (Phi) is 3.62. The highest BCUT2D eigenvalue weighted by Crippen LogP contribution is 2.29. The molecule has 0 saturated carbocycles. The van der Waals surface area contributed by atoms with Crippen LogP contribution < -0.4 is 5.73 Å². The van der Waals surface area contributed by atoms with Crippen molar-refractivity contribution in [1.29, 1.82) is 0 Å². The molecule has 0 bridgehead atoms. The highest BCUT2D eigenvalue weighted by Gasteiger charge is 2.22. The Morgan fingerprint density at radius 1 is 1.30 bits per heavy atom. The molecule has 3 heteroatoms. The van der Waals surface area contributed by atoms with Gasteiger partial charge in [0.25, 0.3) is 0 Å². The minimum atomic E-state index is 0.562. The van der Waals surface area contributed by atoms with Crippen molar-refractivity contribution in [2.24, 2.45) is 11.7 Å². The van der Waals surface area contributed by atoms with Gasteiger partial charge in [-0.3, -0.25) is 0 Å². The van der Waals surface area contributed by atoms with Crippen LogP contribution in [-0.4, -0.2) is 9.55 Å². The number of rotatable bonds is 3. The van der Waals surface area contributed by atoms with Crippen molar-refractivity contribution in [2.45, 2.75) is 46.2 Å². The molecular formula is C17H23N3. The minimum Gasteiger partial charge on any atom is -0.330 e. The molecule has 2 heterocycles. The summed E-state index contributed by atoms with van der Waals surface area (Å²) in [6.07, 6.45) is 3.37. The lowest BCUT2D eigenvalue weighted by Gasteiger charge is -2.21. The third-order valence-electron chi connectivity index (χ3n) is 4.36. The van der Waals surface area contributed by atoms with Gasteiger partial charge in [-0.2, -0.15) is 0 Å². The molecule has 1 atom stereocenters. The van der Waals surface area contributed by atoms with Crippen LogP contribution in [0.2, 0.25) is 0 Å². The summed E-state index contributed by atoms with van der Waals surface area (Å²) in [4.78, 5) is 4.88. The fourth-order valence-corrected chi connectivity index (χ4v) is 3.06. The van der Waals surface area contributed by atoms with E-state index in [-0.39, 0.29) is 0 Å². The fourth-order valence-electron chi connectivity index (χ4n) is 3.06. The molecule has 20 heavy (non-hydrogen) atoms. The van der Waals surface area contributed by atoms with E-state index in [0.717, 1.165) is 31.0 Å². The van der Waals surface area contributed by atoms with E-state index in [1.165, 1.54) is 29.1 Å². The van der Waals surface area contributed by atoms with E-state index in [1.54, 1.807) is 0 Å². The number of fused-ring (bicyclic) bond motifs is 1. The van der Waals surface area contributed by atoms with E-state index in [1.807, 2.05) is 0 Å². The summed E-state index contributed by atoms with van der Waals surface area (Å²) in [5.74, 6) is 1.93. The SMILES string of the molecule is CCc1ccc(-c2nc3n(c2CN)CCC(C)C3)cc1. The maximum atomic E-state index is 5.99. The Bertz CT molecular complexity index is 595. The predicted octanol–water partition coefficient (Wildman–Crippen LogP) is 3.15. The molecule has 3 rings (SSSR count). The Morgan fingerprint density at radius 2 is 2.05 bits per heavy atom. The van der Waals surface area contributed by atoms with Gasteiger partial charge >= 0.3 is 0 Å². The number of nitrogens with zero attached hydrogens (tertiary/aromatic N) is 2. The third kappa shape index (κ3) is 2.27. The van der Waals surface area contributed by atoms with Gasteiger partial charge in [-0.15, -0.1) is 0 Å². The maximum Gasteiger partial charge on any atom is 0.109 e. The average Bonchev–Trinajstić information content (AvgIpc) is 2.84. The summed E-state index contributed by atoms with van der Waals surface area (Å²) in [6.45, 7) is 6.10. The standard InChI is InChI=1S/C17H23N3/c1-3-13-4-6-14(7-5-13)17-15(11-18)20-9-8-12(2)10-16(20)19-17/h4-7,12H,3,8-11,18H2,1-2H3. The van der Waals surface area contributed by atoms with Crippen LogP contribution in [0.4, 0.5) is 0 Å². The quantitative estimate of drug-likeness (QED) is 0.930. The number of aryl methyl sites for hydroxylation is 1. The number of benzene rings is 1. The molecule has 3 nitrogen and oxygen atoms in total. The summed E-state index contributed by atoms with van der Waals surface area (Å²) in [6, 6.07) is 8.73. The van der Waals surface area contributed by atoms with Gasteiger partial charge in [0.05, 0.1) is 11.4 Å². The molecule has 2 aromatic rings. The van der Waals surface area contributed by atoms with Crippen molar-refractivity contribution in [2.75, 3.05) is 0 Å². The first-order valence-electron chi connectivity index (χ1n) is 7.60. The monoisotopic (exact) mass is 269 g/mol. The molecule has 0 radical (unpaired) electrons. The van der Waals surface area contributed by atoms with Crippen molar-refractivity contribution >= 4 is 0 Å². The van der Waals surface area contributed by atoms with Crippen LogP contribution in [0, 0.1) is 5.92 Å². The Morgan fingerprint density at radius 3 is 2.70 bits per heavy atom. The zero-order valence-electron chi connectivity index (χ0n) is 12.4. The van der Waals surface area contributed by atoms with E-state index in [0.29, 0.717) is 6.54 Å². The largest absolute Gasteiger partial charge is 0.330 e. The van der Waals surface area contributed by atoms with Crippen LogP contribution in [0.25, 0.3) is 11.3 Å². The minimum absolute atomic E-state index is 0.562. The zero-order valence-corrected chi connectivity index (χ0v) is 12.4. The second-order valence-corrected chi connectivity index (χ2v) is 5.83. The Balaban J connectivity index is 2.04. The molecule has 0 aliphatic carbocycles. The summed E-state index contributed by atoms with van der Waals surface area (Å²) in [5, 5.41) is 0. The van der Waals surface area contributed by atoms with E-state index in [9.17, 15) is 0 Å². The zero-order chi connectivity index (χ0) is 14.1. The van der Waals surface area contributed by atoms with E-state index < -0.39 is 0 Å². The Labute approximate surface area is 120 Å². The van der Waals surface area contributed by atoms with Crippen LogP contribution >= 0.6 is 0 Å². The lowest BCUT2D eigenvalue weighted by molar-refractivity contribution is 0.403. The summed E-state index contributed by atoms with van der Waals surface area (Å²) in [5.41, 5.74) is 10.8. The molecule has 0 fully saturated rings. The number of nitrogens with two attached hydrogens (primary N) is 1. The fraction of sp³-hybridized carbons (Fsp3) is 0.471. The molecular weight excluding hydrogens is 246 g/mol. The highest BCUT2D eigenvalue weighted by molar-refractivity contribution is 5.63. The van der Waals surface area contributed by atoms with Gasteiger partial charge in [-0.1, -0.05) is 38.1 Å². The van der Waals surface area contributed by atoms with Crippen molar-refractivity contribution in [3.8, 4) is 11.3 Å². The van der Waals surface area contributed by atoms with Gasteiger partial charge in [-0.25, -0.2) is 4.98 Å². The van der Waals surface area contributed by atoms with Gasteiger partial charge < -0.3 is 10.3 Å². The number of hydrogen-bond donors (Lipinski definition) is 1. The van der Waals surface area contributed by atoms with Crippen LogP contribution in [0.1, 0.15) is 37.4 Å². The van der Waals surface area contributed by atoms with Gasteiger partial charge in [0.15, 0.2) is 0 Å². The first-order valence-corrected chi connectivity index (χ1v) is 7.60. The van der Waals surface area contributed by atoms with E-state index >= 15 is 0 Å². The number of hydrogen-bond acceptors (Lipinski definition) is 2. The Hall–Kier alpha value is -1.61. The molecule has 2 N–H and O–H groups in total. The lowest BCUT2D eigenvalue weighted by atomic mass is 10.0. The van der Waals surface area contributed by atoms with Crippen molar-refractivity contribution in [3.05, 3.63) is 41.3 Å². The van der Waals surface area contributed by atoms with Crippen LogP contribution in [0.15, 0.2) is 24.3 Å². The second kappa shape index (κ2) is 5.41. The molecule has 1 unspecified atom stereocenters. The topological polar surface area (TPSA) is 43.8 Å². The smallest absolute Gasteiger partial charge is 0.109 e. The average molecular weight is 269 g/mol. The highest BCUT2D eigenvalue weighted by atomic mass is 15.1. The van der Waals surface area contributed by atoms with Crippen LogP contribution in [-0.2, 0) is 25.9 Å². The molecule has 1 aliphatic heterocycles. The summed E-state index contributed by atoms with van der Waals surface area (Å²) < 4.78 is 2.34. The normalized spacial score (nSPS) is 18.1. The van der Waals surface area contributed by atoms with Crippen LogP contribution in [0.3, 0.4) is 0 Å². The number of aromatic nitrogens is 2. The molecule has 1 aromatic heterocycles. The van der Waals surface area contributed by atoms with Crippen LogP contribution in [0.5, 0.6) is 0 Å². The van der Waals surface area contributed by atoms with Crippen molar-refractivity contribution in [1.82, 2.24) is 9.55 Å². The second-order valence-electron chi connectivity index (χ2n) is 5.83. The lowest BCUT2D eigenvalue weighted by Crippen LogP contribution is -2.20. The molecule has 0 amide bonds. The van der Waals surface area contributed by atoms with Gasteiger partial charge in [-0.05, 0) is 24.3 Å². The predicted molar refractivity (Wildman–Crippen MR) is 82.4 cm³/mol. The van der Waals surface area contributed by atoms with Gasteiger partial charge in [0.1, 0.15) is 5.82 Å². The van der Waals surface area contributed by atoms with Crippen molar-refractivity contribution < 1.29 is 0 Å². The first kappa shape index (κ1) is 13.4. The third-order valence-corrected chi connectivity index (χ3v) is 4.36. The summed E-state index contributed by atoms with van der Waals surface area (Å²) >= 11 is 0. The molecule has 1 aliphatic rings. The van der Waals surface area contributed by atoms with E-state index in [2.05, 4.69) is 42.7 Å². The first-order chi connectivity index (χ1) is 9.72. The molecule has 0 saturated heterocycles. The van der Waals surface area contributed by atoms with Gasteiger partial charge in [0.2, 0.25) is 0 Å². The molecule has 106 valence electrons.